The Morgan fingerprint density at radius 1 is 1.19 bits per heavy atom. The lowest BCUT2D eigenvalue weighted by Crippen LogP contribution is -2.41. The van der Waals surface area contributed by atoms with Crippen molar-refractivity contribution in [1.29, 1.82) is 0 Å². The summed E-state index contributed by atoms with van der Waals surface area (Å²) in [5, 5.41) is 11.0. The van der Waals surface area contributed by atoms with Crippen LogP contribution in [0.25, 0.3) is 0 Å². The van der Waals surface area contributed by atoms with E-state index in [1.807, 2.05) is 12.1 Å². The highest BCUT2D eigenvalue weighted by atomic mass is 16.6. The Bertz CT molecular complexity index is 741. The molecule has 1 aromatic rings. The Balaban J connectivity index is 1.48. The summed E-state index contributed by atoms with van der Waals surface area (Å²) >= 11 is 0. The summed E-state index contributed by atoms with van der Waals surface area (Å²) in [6.45, 7) is 3.49. The summed E-state index contributed by atoms with van der Waals surface area (Å²) in [5.41, 5.74) is 1.44. The molecule has 2 saturated carbocycles. The third-order valence-corrected chi connectivity index (χ3v) is 7.12. The molecule has 0 amide bonds. The molecule has 5 rings (SSSR count). The molecule has 4 aliphatic rings. The monoisotopic (exact) mass is 355 g/mol. The number of aliphatic imine (C=N–C) groups is 1. The molecule has 0 N–H and O–H groups in total. The van der Waals surface area contributed by atoms with E-state index < -0.39 is 0 Å². The molecule has 3 fully saturated rings. The van der Waals surface area contributed by atoms with Crippen molar-refractivity contribution in [1.82, 2.24) is 4.90 Å². The molecule has 1 spiro atoms. The first-order valence-corrected chi connectivity index (χ1v) is 9.83. The van der Waals surface area contributed by atoms with Crippen LogP contribution in [0.2, 0.25) is 0 Å². The van der Waals surface area contributed by atoms with Crippen LogP contribution in [0.3, 0.4) is 0 Å². The fourth-order valence-electron chi connectivity index (χ4n) is 6.03. The number of nitro benzene ring substituents is 1. The largest absolute Gasteiger partial charge is 0.378 e. The van der Waals surface area contributed by atoms with Crippen molar-refractivity contribution in [3.8, 4) is 0 Å². The predicted octanol–water partition coefficient (Wildman–Crippen LogP) is 3.37. The van der Waals surface area contributed by atoms with Gasteiger partial charge in [0, 0.05) is 37.6 Å². The molecule has 0 aromatic heterocycles. The Morgan fingerprint density at radius 3 is 2.69 bits per heavy atom. The van der Waals surface area contributed by atoms with Gasteiger partial charge in [-0.15, -0.1) is 0 Å². The molecule has 1 aromatic carbocycles. The van der Waals surface area contributed by atoms with Gasteiger partial charge >= 0.3 is 0 Å². The van der Waals surface area contributed by atoms with Gasteiger partial charge in [-0.2, -0.15) is 0 Å². The van der Waals surface area contributed by atoms with E-state index in [2.05, 4.69) is 4.90 Å². The fourth-order valence-corrected chi connectivity index (χ4v) is 6.03. The van der Waals surface area contributed by atoms with Gasteiger partial charge in [0.1, 0.15) is 0 Å². The van der Waals surface area contributed by atoms with Crippen molar-refractivity contribution in [3.05, 3.63) is 39.9 Å². The van der Waals surface area contributed by atoms with Crippen LogP contribution >= 0.6 is 0 Å². The summed E-state index contributed by atoms with van der Waals surface area (Å²) in [4.78, 5) is 18.5. The standard InChI is InChI=1S/C20H25N3O3/c24-23(25)17-5-2-14(3-6-17)19-15-1-4-16(13-15)20(19)8-7-18(21-20)22-9-11-26-12-10-22/h2-3,5-6,15-16,19H,1,4,7-13H2. The van der Waals surface area contributed by atoms with Crippen molar-refractivity contribution in [2.45, 2.75) is 43.6 Å². The molecular weight excluding hydrogens is 330 g/mol. The second-order valence-corrected chi connectivity index (χ2v) is 8.22. The van der Waals surface area contributed by atoms with Crippen LogP contribution in [0.15, 0.2) is 29.3 Å². The van der Waals surface area contributed by atoms with Crippen LogP contribution in [-0.2, 0) is 4.74 Å². The topological polar surface area (TPSA) is 68.0 Å². The van der Waals surface area contributed by atoms with Gasteiger partial charge in [0.2, 0.25) is 0 Å². The minimum atomic E-state index is -0.315. The van der Waals surface area contributed by atoms with E-state index in [1.54, 1.807) is 12.1 Å². The lowest BCUT2D eigenvalue weighted by Gasteiger charge is -2.39. The van der Waals surface area contributed by atoms with Crippen LogP contribution in [0.4, 0.5) is 5.69 Å². The maximum Gasteiger partial charge on any atom is 0.269 e. The first-order chi connectivity index (χ1) is 12.7. The number of benzene rings is 1. The van der Waals surface area contributed by atoms with Gasteiger partial charge in [0.05, 0.1) is 29.5 Å². The van der Waals surface area contributed by atoms with E-state index in [4.69, 9.17) is 9.73 Å². The number of fused-ring (bicyclic) bond motifs is 3. The van der Waals surface area contributed by atoms with Crippen molar-refractivity contribution in [2.24, 2.45) is 16.8 Å². The summed E-state index contributed by atoms with van der Waals surface area (Å²) in [7, 11) is 0. The first-order valence-electron chi connectivity index (χ1n) is 9.83. The van der Waals surface area contributed by atoms with E-state index in [-0.39, 0.29) is 16.1 Å². The number of ether oxygens (including phenoxy) is 1. The number of non-ortho nitro benzene ring substituents is 1. The van der Waals surface area contributed by atoms with Crippen molar-refractivity contribution >= 4 is 11.5 Å². The number of nitrogens with zero attached hydrogens (tertiary/aromatic N) is 3. The Morgan fingerprint density at radius 2 is 1.96 bits per heavy atom. The van der Waals surface area contributed by atoms with E-state index in [0.717, 1.165) is 39.1 Å². The molecule has 4 unspecified atom stereocenters. The number of hydrogen-bond donors (Lipinski definition) is 0. The lowest BCUT2D eigenvalue weighted by molar-refractivity contribution is -0.384. The summed E-state index contributed by atoms with van der Waals surface area (Å²) < 4.78 is 5.49. The second kappa shape index (κ2) is 6.05. The van der Waals surface area contributed by atoms with E-state index in [1.165, 1.54) is 30.7 Å². The van der Waals surface area contributed by atoms with Gasteiger partial charge < -0.3 is 9.64 Å². The smallest absolute Gasteiger partial charge is 0.269 e. The fraction of sp³-hybridized carbons (Fsp3) is 0.650. The van der Waals surface area contributed by atoms with E-state index in [0.29, 0.717) is 17.8 Å². The van der Waals surface area contributed by atoms with Crippen LogP contribution < -0.4 is 0 Å². The van der Waals surface area contributed by atoms with Crippen molar-refractivity contribution in [3.63, 3.8) is 0 Å². The molecular formula is C20H25N3O3. The van der Waals surface area contributed by atoms with E-state index in [9.17, 15) is 10.1 Å². The van der Waals surface area contributed by atoms with Crippen molar-refractivity contribution < 1.29 is 9.66 Å². The molecule has 2 aliphatic heterocycles. The molecule has 0 radical (unpaired) electrons. The molecule has 138 valence electrons. The zero-order valence-electron chi connectivity index (χ0n) is 15.0. The van der Waals surface area contributed by atoms with Gasteiger partial charge in [-0.25, -0.2) is 0 Å². The van der Waals surface area contributed by atoms with Crippen LogP contribution in [-0.4, -0.2) is 47.5 Å². The van der Waals surface area contributed by atoms with Gasteiger partial charge in [-0.3, -0.25) is 15.1 Å². The average Bonchev–Trinajstić information content (AvgIpc) is 3.38. The third kappa shape index (κ3) is 2.38. The lowest BCUT2D eigenvalue weighted by atomic mass is 9.69. The molecule has 2 heterocycles. The highest BCUT2D eigenvalue weighted by Crippen LogP contribution is 2.63. The number of nitro groups is 1. The molecule has 6 heteroatoms. The summed E-state index contributed by atoms with van der Waals surface area (Å²) in [6, 6.07) is 7.29. The third-order valence-electron chi connectivity index (χ3n) is 7.12. The maximum atomic E-state index is 11.0. The SMILES string of the molecule is O=[N+]([O-])c1ccc(C2C3CCC(C3)C23CCC(N2CCOCC2)=N3)cc1. The second-order valence-electron chi connectivity index (χ2n) is 8.22. The number of morpholine rings is 1. The van der Waals surface area contributed by atoms with Crippen LogP contribution in [0.5, 0.6) is 0 Å². The quantitative estimate of drug-likeness (QED) is 0.602. The molecule has 6 nitrogen and oxygen atoms in total. The minimum Gasteiger partial charge on any atom is -0.378 e. The first kappa shape index (κ1) is 16.2. The number of hydrogen-bond acceptors (Lipinski definition) is 5. The van der Waals surface area contributed by atoms with Gasteiger partial charge in [-0.1, -0.05) is 12.1 Å². The summed E-state index contributed by atoms with van der Waals surface area (Å²) in [5.74, 6) is 3.04. The van der Waals surface area contributed by atoms with E-state index >= 15 is 0 Å². The minimum absolute atomic E-state index is 0.0205. The molecule has 4 atom stereocenters. The molecule has 2 aliphatic carbocycles. The van der Waals surface area contributed by atoms with Gasteiger partial charge in [-0.05, 0) is 43.1 Å². The van der Waals surface area contributed by atoms with Crippen LogP contribution in [0, 0.1) is 22.0 Å². The molecule has 26 heavy (non-hydrogen) atoms. The van der Waals surface area contributed by atoms with Gasteiger partial charge in [0.25, 0.3) is 5.69 Å². The zero-order valence-corrected chi connectivity index (χ0v) is 15.0. The average molecular weight is 355 g/mol. The predicted molar refractivity (Wildman–Crippen MR) is 98.5 cm³/mol. The normalized spacial score (nSPS) is 35.9. The highest BCUT2D eigenvalue weighted by molar-refractivity contribution is 5.85. The maximum absolute atomic E-state index is 11.0. The Hall–Kier alpha value is -1.95. The van der Waals surface area contributed by atoms with Crippen LogP contribution in [0.1, 0.15) is 43.6 Å². The van der Waals surface area contributed by atoms with Gasteiger partial charge in [0.15, 0.2) is 0 Å². The molecule has 1 saturated heterocycles. The number of rotatable bonds is 2. The number of amidine groups is 1. The zero-order chi connectivity index (χ0) is 17.7. The summed E-state index contributed by atoms with van der Waals surface area (Å²) in [6.07, 6.45) is 6.02. The van der Waals surface area contributed by atoms with Crippen molar-refractivity contribution in [2.75, 3.05) is 26.3 Å². The Labute approximate surface area is 153 Å². The highest BCUT2D eigenvalue weighted by Gasteiger charge is 2.60. The Kier molecular flexibility index (Phi) is 3.78. The molecule has 2 bridgehead atoms.